The molecule has 2 atom stereocenters. The smallest absolute Gasteiger partial charge is 0.337 e. The van der Waals surface area contributed by atoms with Crippen LogP contribution in [0.1, 0.15) is 60.4 Å². The van der Waals surface area contributed by atoms with Gasteiger partial charge in [0, 0.05) is 31.5 Å². The van der Waals surface area contributed by atoms with Crippen LogP contribution in [0.4, 0.5) is 0 Å². The maximum absolute atomic E-state index is 13.3. The highest BCUT2D eigenvalue weighted by Gasteiger charge is 2.31. The molecule has 12 heteroatoms. The molecule has 0 bridgehead atoms. The Morgan fingerprint density at radius 1 is 1.00 bits per heavy atom. The number of allylic oxidation sites excluding steroid dienone is 1. The number of benzene rings is 2. The van der Waals surface area contributed by atoms with E-state index in [1.165, 1.54) is 26.4 Å². The minimum atomic E-state index is -3.92. The van der Waals surface area contributed by atoms with E-state index < -0.39 is 22.3 Å². The summed E-state index contributed by atoms with van der Waals surface area (Å²) in [7, 11) is -1.10. The number of methoxy groups -OCH3 is 2. The molecule has 1 aliphatic carbocycles. The molecule has 234 valence electrons. The summed E-state index contributed by atoms with van der Waals surface area (Å²) in [6.45, 7) is -0.563. The Morgan fingerprint density at radius 3 is 2.33 bits per heavy atom. The maximum atomic E-state index is 13.3. The van der Waals surface area contributed by atoms with E-state index in [9.17, 15) is 23.1 Å². The number of nitrogens with zero attached hydrogens (tertiary/aromatic N) is 1. The van der Waals surface area contributed by atoms with Crippen LogP contribution in [-0.2, 0) is 29.0 Å². The Morgan fingerprint density at radius 2 is 1.70 bits per heavy atom. The normalized spacial score (nSPS) is 19.3. The van der Waals surface area contributed by atoms with Crippen molar-refractivity contribution in [1.29, 1.82) is 0 Å². The van der Waals surface area contributed by atoms with E-state index in [0.29, 0.717) is 17.7 Å². The van der Waals surface area contributed by atoms with Crippen molar-refractivity contribution in [3.05, 3.63) is 71.5 Å². The topological polar surface area (TPSA) is 141 Å². The van der Waals surface area contributed by atoms with Gasteiger partial charge in [0.1, 0.15) is 5.75 Å². The molecule has 2 aliphatic rings. The highest BCUT2D eigenvalue weighted by molar-refractivity contribution is 7.89. The first-order valence-corrected chi connectivity index (χ1v) is 15.9. The molecule has 1 fully saturated rings. The van der Waals surface area contributed by atoms with E-state index >= 15 is 0 Å². The van der Waals surface area contributed by atoms with Crippen LogP contribution in [0.15, 0.2) is 65.3 Å². The SMILES string of the molecule is COC(=O)c1ccc([C@@H]2C=C(C(=O)NC3CCCCC3)O[C@H](OCCN(CCO)S(=O)(=O)c3ccc(OC)cc3)C2)cc1. The number of rotatable bonds is 13. The quantitative estimate of drug-likeness (QED) is 0.324. The van der Waals surface area contributed by atoms with Gasteiger partial charge in [-0.25, -0.2) is 13.2 Å². The summed E-state index contributed by atoms with van der Waals surface area (Å²) in [6, 6.07) is 13.0. The van der Waals surface area contributed by atoms with Crippen molar-refractivity contribution in [3.63, 3.8) is 0 Å². The predicted molar refractivity (Wildman–Crippen MR) is 158 cm³/mol. The summed E-state index contributed by atoms with van der Waals surface area (Å²) >= 11 is 0. The van der Waals surface area contributed by atoms with Crippen LogP contribution in [0, 0.1) is 0 Å². The highest BCUT2D eigenvalue weighted by atomic mass is 32.2. The molecule has 1 saturated carbocycles. The number of carbonyl (C=O) groups is 2. The number of aliphatic hydroxyl groups is 1. The lowest BCUT2D eigenvalue weighted by Gasteiger charge is -2.31. The Labute approximate surface area is 252 Å². The van der Waals surface area contributed by atoms with E-state index in [0.717, 1.165) is 42.0 Å². The van der Waals surface area contributed by atoms with Gasteiger partial charge in [-0.1, -0.05) is 31.4 Å². The van der Waals surface area contributed by atoms with Crippen molar-refractivity contribution >= 4 is 21.9 Å². The Bertz CT molecular complexity index is 1350. The van der Waals surface area contributed by atoms with Crippen LogP contribution < -0.4 is 10.1 Å². The maximum Gasteiger partial charge on any atom is 0.337 e. The molecular weight excluding hydrogens is 576 g/mol. The Balaban J connectivity index is 1.47. The van der Waals surface area contributed by atoms with Crippen LogP contribution >= 0.6 is 0 Å². The molecular formula is C31H40N2O9S. The van der Waals surface area contributed by atoms with E-state index in [-0.39, 0.29) is 54.8 Å². The first kappa shape index (κ1) is 32.5. The van der Waals surface area contributed by atoms with Gasteiger partial charge < -0.3 is 29.4 Å². The second-order valence-corrected chi connectivity index (χ2v) is 12.5. The number of ether oxygens (including phenoxy) is 4. The molecule has 2 aromatic carbocycles. The summed E-state index contributed by atoms with van der Waals surface area (Å²) < 4.78 is 49.6. The molecule has 0 unspecified atom stereocenters. The van der Waals surface area contributed by atoms with Crippen LogP contribution in [-0.4, -0.2) is 82.6 Å². The van der Waals surface area contributed by atoms with E-state index in [1.807, 2.05) is 0 Å². The van der Waals surface area contributed by atoms with Gasteiger partial charge in [0.25, 0.3) is 5.91 Å². The largest absolute Gasteiger partial charge is 0.497 e. The molecule has 1 aliphatic heterocycles. The minimum absolute atomic E-state index is 0.0361. The van der Waals surface area contributed by atoms with E-state index in [2.05, 4.69) is 5.32 Å². The van der Waals surface area contributed by atoms with Crippen molar-refractivity contribution < 1.29 is 42.1 Å². The van der Waals surface area contributed by atoms with Crippen LogP contribution in [0.5, 0.6) is 5.75 Å². The number of carbonyl (C=O) groups excluding carboxylic acids is 2. The Hall–Kier alpha value is -3.45. The first-order chi connectivity index (χ1) is 20.7. The minimum Gasteiger partial charge on any atom is -0.497 e. The summed E-state index contributed by atoms with van der Waals surface area (Å²) in [4.78, 5) is 25.2. The van der Waals surface area contributed by atoms with Gasteiger partial charge in [-0.3, -0.25) is 4.79 Å². The molecule has 1 amide bonds. The van der Waals surface area contributed by atoms with Gasteiger partial charge in [-0.15, -0.1) is 0 Å². The van der Waals surface area contributed by atoms with Crippen molar-refractivity contribution in [2.75, 3.05) is 40.5 Å². The number of amides is 1. The summed E-state index contributed by atoms with van der Waals surface area (Å²) in [5.41, 5.74) is 1.27. The fourth-order valence-corrected chi connectivity index (χ4v) is 6.70. The van der Waals surface area contributed by atoms with Crippen LogP contribution in [0.2, 0.25) is 0 Å². The zero-order chi connectivity index (χ0) is 30.8. The molecule has 0 radical (unpaired) electrons. The van der Waals surface area contributed by atoms with Gasteiger partial charge >= 0.3 is 5.97 Å². The third kappa shape index (κ3) is 8.56. The zero-order valence-electron chi connectivity index (χ0n) is 24.6. The molecule has 2 aromatic rings. The zero-order valence-corrected chi connectivity index (χ0v) is 25.4. The van der Waals surface area contributed by atoms with Crippen molar-refractivity contribution in [2.45, 2.75) is 61.7 Å². The number of aliphatic hydroxyl groups excluding tert-OH is 1. The Kier molecular flexibility index (Phi) is 11.6. The van der Waals surface area contributed by atoms with Gasteiger partial charge in [-0.05, 0) is 60.9 Å². The van der Waals surface area contributed by atoms with Crippen molar-refractivity contribution in [1.82, 2.24) is 9.62 Å². The number of hydrogen-bond donors (Lipinski definition) is 2. The van der Waals surface area contributed by atoms with Crippen molar-refractivity contribution in [2.24, 2.45) is 0 Å². The molecule has 11 nitrogen and oxygen atoms in total. The van der Waals surface area contributed by atoms with Crippen molar-refractivity contribution in [3.8, 4) is 5.75 Å². The number of nitrogens with one attached hydrogen (secondary N) is 1. The van der Waals surface area contributed by atoms with E-state index in [1.54, 1.807) is 42.5 Å². The highest BCUT2D eigenvalue weighted by Crippen LogP contribution is 2.32. The lowest BCUT2D eigenvalue weighted by atomic mass is 9.92. The second kappa shape index (κ2) is 15.3. The fourth-order valence-electron chi connectivity index (χ4n) is 5.28. The summed E-state index contributed by atoms with van der Waals surface area (Å²) in [6.07, 6.45) is 6.42. The average Bonchev–Trinajstić information content (AvgIpc) is 3.04. The number of esters is 1. The molecule has 0 spiro atoms. The lowest BCUT2D eigenvalue weighted by molar-refractivity contribution is -0.147. The molecule has 0 saturated heterocycles. The van der Waals surface area contributed by atoms with E-state index in [4.69, 9.17) is 18.9 Å². The molecule has 2 N–H and O–H groups in total. The molecule has 0 aromatic heterocycles. The van der Waals surface area contributed by atoms with Gasteiger partial charge in [0.2, 0.25) is 16.3 Å². The van der Waals surface area contributed by atoms with Gasteiger partial charge in [0.15, 0.2) is 5.76 Å². The standard InChI is InChI=1S/C31H40N2O9S/c1-39-26-12-14-27(15-13-26)43(37,38)33(16-18-34)17-19-41-29-21-24(22-8-10-23(11-9-22)31(36)40-2)20-28(42-29)30(35)32-25-6-4-3-5-7-25/h8-15,20,24-25,29,34H,3-7,16-19,21H2,1-2H3,(H,32,35)/t24-,29+/m1/s1. The molecule has 1 heterocycles. The van der Waals surface area contributed by atoms with Gasteiger partial charge in [0.05, 0.1) is 37.9 Å². The first-order valence-electron chi connectivity index (χ1n) is 14.5. The monoisotopic (exact) mass is 616 g/mol. The fraction of sp³-hybridized carbons (Fsp3) is 0.484. The average molecular weight is 617 g/mol. The second-order valence-electron chi connectivity index (χ2n) is 10.5. The third-order valence-electron chi connectivity index (χ3n) is 7.67. The predicted octanol–water partition coefficient (Wildman–Crippen LogP) is 3.34. The van der Waals surface area contributed by atoms with Crippen LogP contribution in [0.25, 0.3) is 0 Å². The summed E-state index contributed by atoms with van der Waals surface area (Å²) in [5, 5.41) is 12.6. The van der Waals surface area contributed by atoms with Gasteiger partial charge in [-0.2, -0.15) is 4.31 Å². The number of sulfonamides is 1. The lowest BCUT2D eigenvalue weighted by Crippen LogP contribution is -2.40. The van der Waals surface area contributed by atoms with Crippen LogP contribution in [0.3, 0.4) is 0 Å². The molecule has 4 rings (SSSR count). The molecule has 43 heavy (non-hydrogen) atoms. The summed E-state index contributed by atoms with van der Waals surface area (Å²) in [5.74, 6) is -0.354. The third-order valence-corrected chi connectivity index (χ3v) is 9.59. The number of hydrogen-bond acceptors (Lipinski definition) is 9.